The first-order chi connectivity index (χ1) is 21.2. The fourth-order valence-corrected chi connectivity index (χ4v) is 8.28. The first-order valence-electron chi connectivity index (χ1n) is 15.9. The van der Waals surface area contributed by atoms with Crippen LogP contribution < -0.4 is 5.32 Å². The molecule has 1 unspecified atom stereocenters. The van der Waals surface area contributed by atoms with E-state index >= 15 is 0 Å². The summed E-state index contributed by atoms with van der Waals surface area (Å²) in [5.41, 5.74) is 1.42. The molecule has 2 aromatic carbocycles. The van der Waals surface area contributed by atoms with Crippen molar-refractivity contribution in [2.45, 2.75) is 70.4 Å². The first kappa shape index (κ1) is 30.5. The summed E-state index contributed by atoms with van der Waals surface area (Å²) in [6.07, 6.45) is 7.70. The van der Waals surface area contributed by atoms with Crippen molar-refractivity contribution in [2.24, 2.45) is 23.7 Å². The zero-order chi connectivity index (χ0) is 30.8. The molecule has 4 bridgehead atoms. The van der Waals surface area contributed by atoms with Crippen LogP contribution in [0.2, 0.25) is 5.02 Å². The quantitative estimate of drug-likeness (QED) is 0.245. The van der Waals surface area contributed by atoms with E-state index in [-0.39, 0.29) is 38.1 Å². The number of nitrogens with zero attached hydrogens (tertiary/aromatic N) is 1. The highest BCUT2D eigenvalue weighted by atomic mass is 35.5. The molecule has 7 rings (SSSR count). The first-order valence-corrected chi connectivity index (χ1v) is 16.3. The lowest BCUT2D eigenvalue weighted by atomic mass is 9.55. The standard InChI is InChI=1S/C35H42ClN3O5/c1-3-43-31(40)21-39(13-12-22-8-10-28(36)11-9-22)33(41)35(2,19-27-20-37-30-7-5-4-6-29(27)30)38-34(42)44-32-25-15-23-14-24(17-25)18-26(32)16-23/h4-11,20,23-26,32,37H,3,12-19,21H2,1-2H3,(H,38,42). The number of esters is 1. The lowest BCUT2D eigenvalue weighted by Gasteiger charge is -2.53. The van der Waals surface area contributed by atoms with Gasteiger partial charge < -0.3 is 24.7 Å². The van der Waals surface area contributed by atoms with E-state index < -0.39 is 17.6 Å². The maximum atomic E-state index is 14.5. The van der Waals surface area contributed by atoms with E-state index in [0.717, 1.165) is 59.5 Å². The van der Waals surface area contributed by atoms with E-state index in [0.29, 0.717) is 23.3 Å². The monoisotopic (exact) mass is 619 g/mol. The number of aromatic nitrogens is 1. The van der Waals surface area contributed by atoms with Crippen molar-refractivity contribution in [3.8, 4) is 0 Å². The molecule has 9 heteroatoms. The van der Waals surface area contributed by atoms with Crippen molar-refractivity contribution in [3.63, 3.8) is 0 Å². The minimum Gasteiger partial charge on any atom is -0.465 e. The van der Waals surface area contributed by atoms with Crippen molar-refractivity contribution in [2.75, 3.05) is 19.7 Å². The van der Waals surface area contributed by atoms with Gasteiger partial charge in [-0.15, -0.1) is 0 Å². The Balaban J connectivity index is 1.26. The third kappa shape index (κ3) is 6.60. The molecule has 2 amide bonds. The van der Waals surface area contributed by atoms with Crippen molar-refractivity contribution >= 4 is 40.5 Å². The number of hydrogen-bond donors (Lipinski definition) is 2. The van der Waals surface area contributed by atoms with Crippen molar-refractivity contribution < 1.29 is 23.9 Å². The fraction of sp³-hybridized carbons (Fsp3) is 0.514. The van der Waals surface area contributed by atoms with Gasteiger partial charge in [-0.25, -0.2) is 4.79 Å². The SMILES string of the molecule is CCOC(=O)CN(CCc1ccc(Cl)cc1)C(=O)C(C)(Cc1c[nH]c2ccccc12)NC(=O)OC1C2CC3CC(C2)CC1C3. The Bertz CT molecular complexity index is 1480. The number of nitrogens with one attached hydrogen (secondary N) is 2. The molecular formula is C35H42ClN3O5. The number of halogens is 1. The topological polar surface area (TPSA) is 101 Å². The fourth-order valence-electron chi connectivity index (χ4n) is 8.16. The molecule has 234 valence electrons. The molecule has 0 aliphatic heterocycles. The molecule has 4 aliphatic carbocycles. The normalized spacial score (nSPS) is 24.9. The van der Waals surface area contributed by atoms with Crippen molar-refractivity contribution in [3.05, 3.63) is 70.9 Å². The van der Waals surface area contributed by atoms with Crippen molar-refractivity contribution in [1.82, 2.24) is 15.2 Å². The van der Waals surface area contributed by atoms with E-state index in [1.165, 1.54) is 11.3 Å². The maximum Gasteiger partial charge on any atom is 0.408 e. The van der Waals surface area contributed by atoms with Gasteiger partial charge in [-0.05, 0) is 105 Å². The Morgan fingerprint density at radius 3 is 2.36 bits per heavy atom. The molecule has 0 spiro atoms. The summed E-state index contributed by atoms with van der Waals surface area (Å²) in [5.74, 6) is 1.44. The number of ether oxygens (including phenoxy) is 2. The molecule has 1 atom stereocenters. The number of fused-ring (bicyclic) bond motifs is 1. The zero-order valence-corrected chi connectivity index (χ0v) is 26.3. The predicted molar refractivity (Wildman–Crippen MR) is 169 cm³/mol. The number of alkyl carbamates (subject to hydrolysis) is 1. The summed E-state index contributed by atoms with van der Waals surface area (Å²) in [6, 6.07) is 15.3. The van der Waals surface area contributed by atoms with Crippen LogP contribution in [0.25, 0.3) is 10.9 Å². The van der Waals surface area contributed by atoms with Gasteiger partial charge in [0, 0.05) is 35.1 Å². The molecule has 8 nitrogen and oxygen atoms in total. The number of hydrogen-bond acceptors (Lipinski definition) is 5. The minimum absolute atomic E-state index is 0.115. The van der Waals surface area contributed by atoms with Crippen LogP contribution in [-0.4, -0.2) is 59.2 Å². The Hall–Kier alpha value is -3.52. The van der Waals surface area contributed by atoms with Gasteiger partial charge in [0.1, 0.15) is 18.2 Å². The summed E-state index contributed by atoms with van der Waals surface area (Å²) in [4.78, 5) is 45.7. The van der Waals surface area contributed by atoms with Gasteiger partial charge in [-0.2, -0.15) is 0 Å². The maximum absolute atomic E-state index is 14.5. The van der Waals surface area contributed by atoms with Crippen LogP contribution in [0, 0.1) is 23.7 Å². The number of carbonyl (C=O) groups is 3. The second-order valence-electron chi connectivity index (χ2n) is 13.2. The van der Waals surface area contributed by atoms with Crippen molar-refractivity contribution in [1.29, 1.82) is 0 Å². The Labute approximate surface area is 263 Å². The van der Waals surface area contributed by atoms with Crippen LogP contribution in [0.5, 0.6) is 0 Å². The minimum atomic E-state index is -1.39. The molecule has 44 heavy (non-hydrogen) atoms. The highest BCUT2D eigenvalue weighted by Crippen LogP contribution is 2.54. The van der Waals surface area contributed by atoms with Gasteiger partial charge in [0.2, 0.25) is 5.91 Å². The molecule has 0 saturated heterocycles. The molecular weight excluding hydrogens is 578 g/mol. The molecule has 1 heterocycles. The van der Waals surface area contributed by atoms with E-state index in [1.54, 1.807) is 26.0 Å². The van der Waals surface area contributed by atoms with Crippen LogP contribution in [-0.2, 0) is 31.9 Å². The average Bonchev–Trinajstić information content (AvgIpc) is 3.39. The number of carbonyl (C=O) groups excluding carboxylic acids is 3. The van der Waals surface area contributed by atoms with Crippen LogP contribution in [0.4, 0.5) is 4.79 Å². The van der Waals surface area contributed by atoms with Crippen LogP contribution in [0.15, 0.2) is 54.7 Å². The van der Waals surface area contributed by atoms with Gasteiger partial charge in [-0.1, -0.05) is 41.9 Å². The van der Waals surface area contributed by atoms with E-state index in [9.17, 15) is 14.4 Å². The number of H-pyrrole nitrogens is 1. The van der Waals surface area contributed by atoms with Gasteiger partial charge in [0.25, 0.3) is 0 Å². The summed E-state index contributed by atoms with van der Waals surface area (Å²) < 4.78 is 11.4. The molecule has 4 aliphatic rings. The lowest BCUT2D eigenvalue weighted by Crippen LogP contribution is -2.61. The molecule has 3 aromatic rings. The smallest absolute Gasteiger partial charge is 0.408 e. The number of benzene rings is 2. The van der Waals surface area contributed by atoms with E-state index in [1.807, 2.05) is 42.6 Å². The third-order valence-corrected chi connectivity index (χ3v) is 10.2. The third-order valence-electron chi connectivity index (χ3n) is 9.95. The lowest BCUT2D eigenvalue weighted by molar-refractivity contribution is -0.151. The van der Waals surface area contributed by atoms with E-state index in [2.05, 4.69) is 10.3 Å². The Morgan fingerprint density at radius 2 is 1.68 bits per heavy atom. The average molecular weight is 620 g/mol. The second kappa shape index (κ2) is 12.8. The van der Waals surface area contributed by atoms with Crippen LogP contribution in [0.3, 0.4) is 0 Å². The van der Waals surface area contributed by atoms with Crippen LogP contribution >= 0.6 is 11.6 Å². The number of rotatable bonds is 11. The predicted octanol–water partition coefficient (Wildman–Crippen LogP) is 6.31. The highest BCUT2D eigenvalue weighted by molar-refractivity contribution is 6.30. The summed E-state index contributed by atoms with van der Waals surface area (Å²) in [6.45, 7) is 3.71. The van der Waals surface area contributed by atoms with Crippen LogP contribution in [0.1, 0.15) is 57.1 Å². The van der Waals surface area contributed by atoms with Gasteiger partial charge in [0.15, 0.2) is 0 Å². The summed E-state index contributed by atoms with van der Waals surface area (Å²) in [5, 5.41) is 4.61. The molecule has 0 radical (unpaired) electrons. The number of aromatic amines is 1. The molecule has 4 saturated carbocycles. The van der Waals surface area contributed by atoms with Gasteiger partial charge in [0.05, 0.1) is 6.61 Å². The highest BCUT2D eigenvalue weighted by Gasteiger charge is 2.50. The van der Waals surface area contributed by atoms with Gasteiger partial charge in [-0.3, -0.25) is 9.59 Å². The second-order valence-corrected chi connectivity index (χ2v) is 13.6. The summed E-state index contributed by atoms with van der Waals surface area (Å²) >= 11 is 6.08. The van der Waals surface area contributed by atoms with E-state index in [4.69, 9.17) is 21.1 Å². The number of amides is 2. The molecule has 1 aromatic heterocycles. The molecule has 2 N–H and O–H groups in total. The number of para-hydroxylation sites is 1. The molecule has 4 fully saturated rings. The Morgan fingerprint density at radius 1 is 1.00 bits per heavy atom. The largest absolute Gasteiger partial charge is 0.465 e. The zero-order valence-electron chi connectivity index (χ0n) is 25.5. The Kier molecular flexibility index (Phi) is 8.90. The van der Waals surface area contributed by atoms with Gasteiger partial charge >= 0.3 is 12.1 Å². The summed E-state index contributed by atoms with van der Waals surface area (Å²) in [7, 11) is 0.